The number of nitrogens with one attached hydrogen (secondary N) is 3. The molecular weight excluding hydrogens is 560 g/mol. The van der Waals surface area contributed by atoms with Crippen molar-refractivity contribution in [2.24, 2.45) is 44.6 Å². The lowest BCUT2D eigenvalue weighted by atomic mass is 9.96. The number of benzene rings is 1. The quantitative estimate of drug-likeness (QED) is 0.0464. The fourth-order valence-corrected chi connectivity index (χ4v) is 4.01. The number of guanidine groups is 2. The Labute approximate surface area is 250 Å². The second-order valence-corrected chi connectivity index (χ2v) is 10.2. The molecule has 16 heteroatoms. The summed E-state index contributed by atoms with van der Waals surface area (Å²) in [4.78, 5) is 59.1. The van der Waals surface area contributed by atoms with Crippen LogP contribution >= 0.6 is 0 Å². The average Bonchev–Trinajstić information content (AvgIpc) is 2.94. The second kappa shape index (κ2) is 18.8. The van der Waals surface area contributed by atoms with Crippen molar-refractivity contribution in [1.29, 1.82) is 0 Å². The molecule has 0 aliphatic heterocycles. The monoisotopic (exact) mass is 606 g/mol. The number of nitrogens with zero attached hydrogens (tertiary/aromatic N) is 2. The van der Waals surface area contributed by atoms with E-state index in [-0.39, 0.29) is 68.8 Å². The maximum atomic E-state index is 13.5. The second-order valence-electron chi connectivity index (χ2n) is 10.2. The highest BCUT2D eigenvalue weighted by molar-refractivity contribution is 5.94. The average molecular weight is 607 g/mol. The number of phenolic OH excluding ortho intramolecular Hbond substituents is 1. The number of aliphatic imine (C=N–C) groups is 2. The lowest BCUT2D eigenvalue weighted by molar-refractivity contribution is -0.142. The SMILES string of the molecule is CCC(C)C(NC(=O)C(N)Cc1ccc(O)cc1)C(=O)NC(CCCN=C(N)N)C(=O)NC(CCCN=C(N)N)C(=O)O. The summed E-state index contributed by atoms with van der Waals surface area (Å²) in [5.74, 6) is -3.74. The van der Waals surface area contributed by atoms with Gasteiger partial charge in [0.25, 0.3) is 0 Å². The van der Waals surface area contributed by atoms with E-state index >= 15 is 0 Å². The zero-order valence-electron chi connectivity index (χ0n) is 24.7. The molecule has 1 aromatic carbocycles. The standard InChI is InChI=1S/C27H46N10O6/c1-3-15(2)21(37-22(39)18(28)14-16-8-10-17(38)11-9-16)24(41)35-19(6-4-12-33-26(29)30)23(40)36-20(25(42)43)7-5-13-34-27(31)32/h8-11,15,18-21,38H,3-7,12-14,28H2,1-2H3,(H,35,41)(H,36,40)(H,37,39)(H,42,43)(H4,29,30,33)(H4,31,32,34). The van der Waals surface area contributed by atoms with Gasteiger partial charge in [-0.2, -0.15) is 0 Å². The van der Waals surface area contributed by atoms with Crippen LogP contribution in [0.2, 0.25) is 0 Å². The number of hydrogen-bond acceptors (Lipinski definition) is 8. The van der Waals surface area contributed by atoms with Crippen molar-refractivity contribution >= 4 is 35.6 Å². The Morgan fingerprint density at radius 1 is 0.814 bits per heavy atom. The van der Waals surface area contributed by atoms with Crippen molar-refractivity contribution in [3.63, 3.8) is 0 Å². The van der Waals surface area contributed by atoms with Crippen LogP contribution in [-0.4, -0.2) is 83.1 Å². The molecule has 5 unspecified atom stereocenters. The first-order valence-corrected chi connectivity index (χ1v) is 14.0. The van der Waals surface area contributed by atoms with Gasteiger partial charge in [0.2, 0.25) is 17.7 Å². The summed E-state index contributed by atoms with van der Waals surface area (Å²) in [7, 11) is 0. The smallest absolute Gasteiger partial charge is 0.326 e. The van der Waals surface area contributed by atoms with Crippen LogP contribution in [0, 0.1) is 5.92 Å². The van der Waals surface area contributed by atoms with Gasteiger partial charge in [-0.05, 0) is 55.7 Å². The number of carboxylic acids is 1. The third-order valence-electron chi connectivity index (χ3n) is 6.66. The summed E-state index contributed by atoms with van der Waals surface area (Å²) in [6.07, 6.45) is 1.37. The molecule has 1 aromatic rings. The maximum absolute atomic E-state index is 13.5. The van der Waals surface area contributed by atoms with Crippen molar-refractivity contribution in [2.75, 3.05) is 13.1 Å². The maximum Gasteiger partial charge on any atom is 0.326 e. The van der Waals surface area contributed by atoms with E-state index in [4.69, 9.17) is 28.7 Å². The van der Waals surface area contributed by atoms with Crippen molar-refractivity contribution in [3.8, 4) is 5.75 Å². The number of rotatable bonds is 19. The van der Waals surface area contributed by atoms with Gasteiger partial charge >= 0.3 is 5.97 Å². The van der Waals surface area contributed by atoms with Gasteiger partial charge in [0.1, 0.15) is 23.9 Å². The van der Waals surface area contributed by atoms with E-state index < -0.39 is 47.9 Å². The van der Waals surface area contributed by atoms with E-state index in [1.807, 2.05) is 6.92 Å². The zero-order valence-corrected chi connectivity index (χ0v) is 24.7. The van der Waals surface area contributed by atoms with Crippen LogP contribution in [0.5, 0.6) is 5.75 Å². The number of nitrogens with two attached hydrogens (primary N) is 5. The van der Waals surface area contributed by atoms with Crippen LogP contribution in [0.25, 0.3) is 0 Å². The molecule has 0 spiro atoms. The van der Waals surface area contributed by atoms with Crippen LogP contribution in [0.15, 0.2) is 34.3 Å². The number of aromatic hydroxyl groups is 1. The van der Waals surface area contributed by atoms with Crippen molar-refractivity contribution in [2.45, 2.75) is 76.5 Å². The van der Waals surface area contributed by atoms with Gasteiger partial charge in [0, 0.05) is 13.1 Å². The molecule has 0 radical (unpaired) electrons. The number of amides is 3. The fourth-order valence-electron chi connectivity index (χ4n) is 4.01. The molecule has 1 rings (SSSR count). The molecule has 0 bridgehead atoms. The van der Waals surface area contributed by atoms with Gasteiger partial charge in [0.15, 0.2) is 11.9 Å². The van der Waals surface area contributed by atoms with Crippen LogP contribution in [0.4, 0.5) is 0 Å². The minimum absolute atomic E-state index is 0.0387. The lowest BCUT2D eigenvalue weighted by Gasteiger charge is -2.28. The number of carbonyl (C=O) groups excluding carboxylic acids is 3. The summed E-state index contributed by atoms with van der Waals surface area (Å²) in [5.41, 5.74) is 28.1. The highest BCUT2D eigenvalue weighted by atomic mass is 16.4. The summed E-state index contributed by atoms with van der Waals surface area (Å²) in [6.45, 7) is 3.94. The van der Waals surface area contributed by atoms with Crippen molar-refractivity contribution in [3.05, 3.63) is 29.8 Å². The first-order chi connectivity index (χ1) is 20.2. The van der Waals surface area contributed by atoms with Gasteiger partial charge < -0.3 is 54.8 Å². The van der Waals surface area contributed by atoms with Gasteiger partial charge in [0.05, 0.1) is 6.04 Å². The number of aliphatic carboxylic acids is 1. The van der Waals surface area contributed by atoms with E-state index in [2.05, 4.69) is 25.9 Å². The molecule has 0 aliphatic carbocycles. The summed E-state index contributed by atoms with van der Waals surface area (Å²) >= 11 is 0. The normalized spacial score (nSPS) is 14.2. The largest absolute Gasteiger partial charge is 0.508 e. The first-order valence-electron chi connectivity index (χ1n) is 14.0. The predicted octanol–water partition coefficient (Wildman–Crippen LogP) is -2.05. The lowest BCUT2D eigenvalue weighted by Crippen LogP contribution is -2.58. The van der Waals surface area contributed by atoms with Crippen molar-refractivity contribution < 1.29 is 29.4 Å². The Hall–Kier alpha value is -4.60. The molecule has 3 amide bonds. The van der Waals surface area contributed by atoms with Gasteiger partial charge in [-0.1, -0.05) is 32.4 Å². The molecule has 0 heterocycles. The summed E-state index contributed by atoms with van der Waals surface area (Å²) in [6, 6.07) is 1.79. The molecule has 0 fully saturated rings. The summed E-state index contributed by atoms with van der Waals surface area (Å²) in [5, 5.41) is 26.9. The molecule has 5 atom stereocenters. The van der Waals surface area contributed by atoms with E-state index in [0.717, 1.165) is 0 Å². The topological polar surface area (TPSA) is 300 Å². The molecule has 0 aromatic heterocycles. The number of carbonyl (C=O) groups is 4. The Morgan fingerprint density at radius 2 is 1.33 bits per heavy atom. The first kappa shape index (κ1) is 36.4. The Kier molecular flexibility index (Phi) is 15.9. The minimum Gasteiger partial charge on any atom is -0.508 e. The number of carboxylic acid groups (broad SMARTS) is 1. The fraction of sp³-hybridized carbons (Fsp3) is 0.556. The summed E-state index contributed by atoms with van der Waals surface area (Å²) < 4.78 is 0. The van der Waals surface area contributed by atoms with E-state index in [0.29, 0.717) is 12.0 Å². The number of phenols is 1. The Balaban J connectivity index is 3.04. The van der Waals surface area contributed by atoms with Crippen LogP contribution in [0.1, 0.15) is 51.5 Å². The minimum atomic E-state index is -1.27. The third-order valence-corrected chi connectivity index (χ3v) is 6.66. The van der Waals surface area contributed by atoms with E-state index in [1.165, 1.54) is 12.1 Å². The zero-order chi connectivity index (χ0) is 32.5. The van der Waals surface area contributed by atoms with Gasteiger partial charge in [-0.15, -0.1) is 0 Å². The molecule has 0 saturated carbocycles. The molecule has 240 valence electrons. The highest BCUT2D eigenvalue weighted by Gasteiger charge is 2.32. The van der Waals surface area contributed by atoms with Crippen molar-refractivity contribution in [1.82, 2.24) is 16.0 Å². The third kappa shape index (κ3) is 14.2. The molecule has 16 nitrogen and oxygen atoms in total. The van der Waals surface area contributed by atoms with Crippen LogP contribution in [-0.2, 0) is 25.6 Å². The van der Waals surface area contributed by atoms with Crippen LogP contribution < -0.4 is 44.6 Å². The van der Waals surface area contributed by atoms with Gasteiger partial charge in [-0.3, -0.25) is 24.4 Å². The van der Waals surface area contributed by atoms with Gasteiger partial charge in [-0.25, -0.2) is 4.79 Å². The van der Waals surface area contributed by atoms with E-state index in [1.54, 1.807) is 19.1 Å². The molecule has 0 aliphatic rings. The number of hydrogen-bond donors (Lipinski definition) is 10. The molecule has 0 saturated heterocycles. The van der Waals surface area contributed by atoms with E-state index in [9.17, 15) is 29.4 Å². The highest BCUT2D eigenvalue weighted by Crippen LogP contribution is 2.13. The molecule has 15 N–H and O–H groups in total. The predicted molar refractivity (Wildman–Crippen MR) is 162 cm³/mol. The Bertz CT molecular complexity index is 1120. The van der Waals surface area contributed by atoms with Crippen LogP contribution in [0.3, 0.4) is 0 Å². The molecule has 43 heavy (non-hydrogen) atoms. The molecular formula is C27H46N10O6. The Morgan fingerprint density at radius 3 is 1.81 bits per heavy atom.